The Labute approximate surface area is 282 Å². The third-order valence-electron chi connectivity index (χ3n) is 9.14. The van der Waals surface area contributed by atoms with E-state index >= 15 is 0 Å². The van der Waals surface area contributed by atoms with E-state index in [1.54, 1.807) is 17.0 Å². The van der Waals surface area contributed by atoms with Gasteiger partial charge in [0.15, 0.2) is 0 Å². The van der Waals surface area contributed by atoms with Crippen molar-refractivity contribution in [2.24, 2.45) is 11.8 Å². The number of rotatable bonds is 19. The number of nitrogens with one attached hydrogen (secondary N) is 3. The van der Waals surface area contributed by atoms with E-state index in [9.17, 15) is 29.3 Å². The Morgan fingerprint density at radius 1 is 1.04 bits per heavy atom. The predicted octanol–water partition coefficient (Wildman–Crippen LogP) is 1.25. The molecule has 14 heteroatoms. The van der Waals surface area contributed by atoms with Crippen LogP contribution in [0.15, 0.2) is 30.6 Å². The lowest BCUT2D eigenvalue weighted by atomic mass is 9.92. The van der Waals surface area contributed by atoms with Gasteiger partial charge in [-0.25, -0.2) is 19.2 Å². The average Bonchev–Trinajstić information content (AvgIpc) is 3.08. The Balaban J connectivity index is 1.05. The highest BCUT2D eigenvalue weighted by atomic mass is 19.1. The SMILES string of the molecule is CCCc1cnc(N2CCC(CCCOc3ccc(CC(=O)N4CC(CNCCNC(=O)NC(CO)(CO)CO)C4)c(F)c3)CC2)nc1. The Hall–Kier alpha value is -3.59. The van der Waals surface area contributed by atoms with E-state index in [1.165, 1.54) is 11.6 Å². The summed E-state index contributed by atoms with van der Waals surface area (Å²) in [5, 5.41) is 36.0. The topological polar surface area (TPSA) is 172 Å². The van der Waals surface area contributed by atoms with Crippen molar-refractivity contribution in [3.63, 3.8) is 0 Å². The number of hydrogen-bond acceptors (Lipinski definition) is 10. The normalized spacial score (nSPS) is 15.7. The molecule has 2 aliphatic rings. The molecule has 0 saturated carbocycles. The highest BCUT2D eigenvalue weighted by Gasteiger charge is 2.31. The summed E-state index contributed by atoms with van der Waals surface area (Å²) in [4.78, 5) is 37.7. The van der Waals surface area contributed by atoms with Crippen molar-refractivity contribution in [1.29, 1.82) is 0 Å². The molecule has 0 aliphatic carbocycles. The number of benzene rings is 1. The summed E-state index contributed by atoms with van der Waals surface area (Å²) in [6.07, 6.45) is 10.1. The van der Waals surface area contributed by atoms with Crippen LogP contribution in [0.1, 0.15) is 50.2 Å². The number of aliphatic hydroxyl groups is 3. The average molecular weight is 674 g/mol. The number of urea groups is 1. The van der Waals surface area contributed by atoms with Gasteiger partial charge in [-0.05, 0) is 55.2 Å². The van der Waals surface area contributed by atoms with Crippen LogP contribution in [0.4, 0.5) is 15.1 Å². The number of nitrogens with zero attached hydrogens (tertiary/aromatic N) is 4. The van der Waals surface area contributed by atoms with Gasteiger partial charge in [-0.3, -0.25) is 4.79 Å². The van der Waals surface area contributed by atoms with Crippen LogP contribution in [-0.4, -0.2) is 120 Å². The van der Waals surface area contributed by atoms with Crippen LogP contribution in [-0.2, 0) is 17.6 Å². The van der Waals surface area contributed by atoms with Crippen LogP contribution < -0.4 is 25.6 Å². The number of hydrogen-bond donors (Lipinski definition) is 6. The van der Waals surface area contributed by atoms with Crippen LogP contribution in [0, 0.1) is 17.7 Å². The fraction of sp³-hybridized carbons (Fsp3) is 0.647. The molecule has 1 aromatic carbocycles. The van der Waals surface area contributed by atoms with E-state index in [1.807, 2.05) is 12.4 Å². The monoisotopic (exact) mass is 673 g/mol. The molecule has 2 aromatic rings. The molecule has 48 heavy (non-hydrogen) atoms. The Morgan fingerprint density at radius 2 is 1.75 bits per heavy atom. The molecule has 1 aromatic heterocycles. The summed E-state index contributed by atoms with van der Waals surface area (Å²) >= 11 is 0. The Bertz CT molecular complexity index is 1280. The lowest BCUT2D eigenvalue weighted by molar-refractivity contribution is -0.136. The number of carbonyl (C=O) groups excluding carboxylic acids is 2. The first-order valence-corrected chi connectivity index (χ1v) is 17.1. The summed E-state index contributed by atoms with van der Waals surface area (Å²) in [7, 11) is 0. The largest absolute Gasteiger partial charge is 0.493 e. The number of anilines is 1. The van der Waals surface area contributed by atoms with Crippen LogP contribution in [0.3, 0.4) is 0 Å². The van der Waals surface area contributed by atoms with Crippen molar-refractivity contribution in [3.05, 3.63) is 47.5 Å². The fourth-order valence-electron chi connectivity index (χ4n) is 5.98. The summed E-state index contributed by atoms with van der Waals surface area (Å²) in [5.74, 6) is 1.61. The molecule has 0 radical (unpaired) electrons. The first kappa shape index (κ1) is 37.2. The number of aliphatic hydroxyl groups excluding tert-OH is 3. The molecule has 0 unspecified atom stereocenters. The zero-order valence-corrected chi connectivity index (χ0v) is 28.0. The second-order valence-corrected chi connectivity index (χ2v) is 13.0. The maximum absolute atomic E-state index is 14.8. The molecule has 13 nitrogen and oxygen atoms in total. The van der Waals surface area contributed by atoms with Gasteiger partial charge >= 0.3 is 6.03 Å². The second-order valence-electron chi connectivity index (χ2n) is 13.0. The number of carbonyl (C=O) groups is 2. The number of piperidine rings is 1. The van der Waals surface area contributed by atoms with Crippen molar-refractivity contribution >= 4 is 17.9 Å². The summed E-state index contributed by atoms with van der Waals surface area (Å²) < 4.78 is 20.6. The maximum atomic E-state index is 14.8. The number of aryl methyl sites for hydroxylation is 1. The molecule has 2 saturated heterocycles. The molecular formula is C34H52FN7O6. The highest BCUT2D eigenvalue weighted by Crippen LogP contribution is 2.25. The van der Waals surface area contributed by atoms with E-state index in [-0.39, 0.29) is 18.2 Å². The van der Waals surface area contributed by atoms with Gasteiger partial charge in [-0.2, -0.15) is 0 Å². The lowest BCUT2D eigenvalue weighted by Gasteiger charge is -2.39. The highest BCUT2D eigenvalue weighted by molar-refractivity contribution is 5.79. The summed E-state index contributed by atoms with van der Waals surface area (Å²) in [5.41, 5.74) is 0.0505. The third-order valence-corrected chi connectivity index (χ3v) is 9.14. The van der Waals surface area contributed by atoms with Gasteiger partial charge in [0.25, 0.3) is 0 Å². The zero-order valence-electron chi connectivity index (χ0n) is 28.0. The molecule has 3 amide bonds. The Kier molecular flexibility index (Phi) is 14.6. The minimum Gasteiger partial charge on any atom is -0.493 e. The van der Waals surface area contributed by atoms with E-state index < -0.39 is 37.2 Å². The molecule has 4 rings (SSSR count). The summed E-state index contributed by atoms with van der Waals surface area (Å²) in [6, 6.07) is 4.11. The molecular weight excluding hydrogens is 621 g/mol. The predicted molar refractivity (Wildman–Crippen MR) is 179 cm³/mol. The van der Waals surface area contributed by atoms with Gasteiger partial charge < -0.3 is 45.8 Å². The molecule has 0 atom stereocenters. The van der Waals surface area contributed by atoms with Gasteiger partial charge in [-0.1, -0.05) is 19.4 Å². The smallest absolute Gasteiger partial charge is 0.315 e. The number of amides is 3. The van der Waals surface area contributed by atoms with Crippen molar-refractivity contribution in [2.75, 3.05) is 77.1 Å². The number of likely N-dealkylation sites (tertiary alicyclic amines) is 1. The van der Waals surface area contributed by atoms with Crippen LogP contribution in [0.2, 0.25) is 0 Å². The van der Waals surface area contributed by atoms with E-state index in [0.717, 1.165) is 57.6 Å². The van der Waals surface area contributed by atoms with Crippen LogP contribution >= 0.6 is 0 Å². The first-order valence-electron chi connectivity index (χ1n) is 17.1. The molecule has 2 fully saturated rings. The fourth-order valence-corrected chi connectivity index (χ4v) is 5.98. The standard InChI is InChI=1S/C34H52FN7O6/c1-2-4-26-18-38-32(39-19-26)41-12-8-25(9-13-41)5-3-14-48-29-7-6-28(30(35)16-29)15-31(46)42-20-27(21-42)17-36-10-11-37-33(47)40-34(22-43,23-44)24-45/h6-7,16,18-19,25,27,36,43-45H,2-5,8-15,17,20-24H2,1H3,(H2,37,40,47). The number of ether oxygens (including phenoxy) is 1. The van der Waals surface area contributed by atoms with Gasteiger partial charge in [0, 0.05) is 70.2 Å². The maximum Gasteiger partial charge on any atom is 0.315 e. The zero-order chi connectivity index (χ0) is 34.4. The van der Waals surface area contributed by atoms with E-state index in [2.05, 4.69) is 37.7 Å². The summed E-state index contributed by atoms with van der Waals surface area (Å²) in [6.45, 7) is 5.37. The lowest BCUT2D eigenvalue weighted by Crippen LogP contribution is -2.59. The van der Waals surface area contributed by atoms with Crippen molar-refractivity contribution in [3.8, 4) is 5.75 Å². The quantitative estimate of drug-likeness (QED) is 0.119. The molecule has 2 aliphatic heterocycles. The molecule has 6 N–H and O–H groups in total. The van der Waals surface area contributed by atoms with Crippen molar-refractivity contribution in [2.45, 2.75) is 57.4 Å². The number of aromatic nitrogens is 2. The minimum absolute atomic E-state index is 0.00503. The van der Waals surface area contributed by atoms with Gasteiger partial charge in [-0.15, -0.1) is 0 Å². The van der Waals surface area contributed by atoms with Gasteiger partial charge in [0.2, 0.25) is 11.9 Å². The number of halogens is 1. The van der Waals surface area contributed by atoms with E-state index in [0.29, 0.717) is 56.6 Å². The molecule has 0 bridgehead atoms. The van der Waals surface area contributed by atoms with Gasteiger partial charge in [0.05, 0.1) is 32.8 Å². The van der Waals surface area contributed by atoms with E-state index in [4.69, 9.17) is 4.74 Å². The molecule has 3 heterocycles. The van der Waals surface area contributed by atoms with Crippen molar-refractivity contribution in [1.82, 2.24) is 30.8 Å². The minimum atomic E-state index is -1.48. The van der Waals surface area contributed by atoms with Gasteiger partial charge in [0.1, 0.15) is 17.1 Å². The van der Waals surface area contributed by atoms with Crippen LogP contribution in [0.25, 0.3) is 0 Å². The molecule has 266 valence electrons. The second kappa shape index (κ2) is 18.8. The molecule has 0 spiro atoms. The Morgan fingerprint density at radius 3 is 2.40 bits per heavy atom. The third kappa shape index (κ3) is 11.0. The first-order chi connectivity index (χ1) is 23.3. The van der Waals surface area contributed by atoms with Crippen LogP contribution in [0.5, 0.6) is 5.75 Å². The van der Waals surface area contributed by atoms with Crippen molar-refractivity contribution < 1.29 is 34.0 Å².